The van der Waals surface area contributed by atoms with Crippen LogP contribution >= 0.6 is 15.9 Å². The Hall–Kier alpha value is -0.580. The minimum absolute atomic E-state index is 0.569. The number of ether oxygens (including phenoxy) is 2. The summed E-state index contributed by atoms with van der Waals surface area (Å²) < 4.78 is 11.7. The Morgan fingerprint density at radius 2 is 2.12 bits per heavy atom. The molecule has 17 heavy (non-hydrogen) atoms. The van der Waals surface area contributed by atoms with Gasteiger partial charge in [0.05, 0.1) is 11.1 Å². The van der Waals surface area contributed by atoms with Crippen LogP contribution in [0.3, 0.4) is 0 Å². The number of hydrogen-bond acceptors (Lipinski definition) is 3. The van der Waals surface area contributed by atoms with Crippen LogP contribution in [0.1, 0.15) is 18.9 Å². The van der Waals surface area contributed by atoms with Gasteiger partial charge < -0.3 is 14.8 Å². The molecule has 1 rings (SSSR count). The molecule has 1 aromatic rings. The zero-order valence-corrected chi connectivity index (χ0v) is 12.0. The third kappa shape index (κ3) is 5.06. The zero-order valence-electron chi connectivity index (χ0n) is 10.5. The van der Waals surface area contributed by atoms with Crippen molar-refractivity contribution >= 4 is 15.9 Å². The molecule has 0 spiro atoms. The van der Waals surface area contributed by atoms with Gasteiger partial charge in [0.15, 0.2) is 0 Å². The van der Waals surface area contributed by atoms with Crippen LogP contribution in [0.15, 0.2) is 22.7 Å². The van der Waals surface area contributed by atoms with E-state index in [0.29, 0.717) is 13.2 Å². The molecular formula is C13H20BrNO2. The number of benzene rings is 1. The summed E-state index contributed by atoms with van der Waals surface area (Å²) in [6, 6.07) is 6.09. The van der Waals surface area contributed by atoms with Crippen LogP contribution in [0.2, 0.25) is 0 Å². The molecule has 96 valence electrons. The molecule has 0 amide bonds. The summed E-state index contributed by atoms with van der Waals surface area (Å²) in [5.41, 5.74) is 1.17. The van der Waals surface area contributed by atoms with Crippen molar-refractivity contribution in [2.45, 2.75) is 19.9 Å². The molecular weight excluding hydrogens is 282 g/mol. The molecule has 1 aromatic carbocycles. The average molecular weight is 302 g/mol. The highest BCUT2D eigenvalue weighted by atomic mass is 79.9. The molecule has 0 saturated heterocycles. The quantitative estimate of drug-likeness (QED) is 0.749. The van der Waals surface area contributed by atoms with Gasteiger partial charge >= 0.3 is 0 Å². The molecule has 0 heterocycles. The van der Waals surface area contributed by atoms with Crippen molar-refractivity contribution in [2.24, 2.45) is 0 Å². The molecule has 0 radical (unpaired) electrons. The van der Waals surface area contributed by atoms with E-state index >= 15 is 0 Å². The van der Waals surface area contributed by atoms with Crippen molar-refractivity contribution in [2.75, 3.05) is 26.9 Å². The summed E-state index contributed by atoms with van der Waals surface area (Å²) in [4.78, 5) is 0. The van der Waals surface area contributed by atoms with Crippen molar-refractivity contribution < 1.29 is 9.47 Å². The Balaban J connectivity index is 2.63. The summed E-state index contributed by atoms with van der Waals surface area (Å²) in [6.07, 6.45) is 1.13. The maximum absolute atomic E-state index is 5.73. The van der Waals surface area contributed by atoms with Gasteiger partial charge in [0, 0.05) is 19.2 Å². The predicted octanol–water partition coefficient (Wildman–Crippen LogP) is 2.97. The Labute approximate surface area is 112 Å². The van der Waals surface area contributed by atoms with E-state index in [9.17, 15) is 0 Å². The Morgan fingerprint density at radius 1 is 1.29 bits per heavy atom. The molecule has 0 fully saturated rings. The lowest BCUT2D eigenvalue weighted by atomic mass is 10.2. The fourth-order valence-corrected chi connectivity index (χ4v) is 2.00. The average Bonchev–Trinajstić information content (AvgIpc) is 2.33. The molecule has 0 atom stereocenters. The molecule has 0 aromatic heterocycles. The van der Waals surface area contributed by atoms with Crippen LogP contribution in [0, 0.1) is 0 Å². The fraction of sp³-hybridized carbons (Fsp3) is 0.538. The third-order valence-electron chi connectivity index (χ3n) is 2.32. The lowest BCUT2D eigenvalue weighted by molar-refractivity contribution is 0.145. The van der Waals surface area contributed by atoms with Gasteiger partial charge in [-0.05, 0) is 35.0 Å². The summed E-state index contributed by atoms with van der Waals surface area (Å²) in [5.74, 6) is 0.910. The Kier molecular flexibility index (Phi) is 7.24. The Morgan fingerprint density at radius 3 is 2.82 bits per heavy atom. The van der Waals surface area contributed by atoms with E-state index in [4.69, 9.17) is 9.47 Å². The first-order chi connectivity index (χ1) is 8.29. The first kappa shape index (κ1) is 14.5. The molecule has 1 N–H and O–H groups in total. The summed E-state index contributed by atoms with van der Waals surface area (Å²) in [6.45, 7) is 5.17. The molecule has 0 saturated carbocycles. The predicted molar refractivity (Wildman–Crippen MR) is 73.5 cm³/mol. The van der Waals surface area contributed by atoms with Crippen molar-refractivity contribution in [1.82, 2.24) is 5.32 Å². The third-order valence-corrected chi connectivity index (χ3v) is 2.95. The first-order valence-corrected chi connectivity index (χ1v) is 6.68. The topological polar surface area (TPSA) is 30.5 Å². The molecule has 4 heteroatoms. The SMILES string of the molecule is CCCNCc1cccc(Br)c1OCCOC. The van der Waals surface area contributed by atoms with E-state index in [1.165, 1.54) is 5.56 Å². The van der Waals surface area contributed by atoms with E-state index in [-0.39, 0.29) is 0 Å². The number of nitrogens with one attached hydrogen (secondary N) is 1. The van der Waals surface area contributed by atoms with E-state index in [1.807, 2.05) is 12.1 Å². The molecule has 3 nitrogen and oxygen atoms in total. The van der Waals surface area contributed by atoms with Gasteiger partial charge in [-0.15, -0.1) is 0 Å². The standard InChI is InChI=1S/C13H20BrNO2/c1-3-7-15-10-11-5-4-6-12(14)13(11)17-9-8-16-2/h4-6,15H,3,7-10H2,1-2H3. The highest BCUT2D eigenvalue weighted by Gasteiger charge is 2.07. The highest BCUT2D eigenvalue weighted by molar-refractivity contribution is 9.10. The summed E-state index contributed by atoms with van der Waals surface area (Å²) >= 11 is 3.51. The van der Waals surface area contributed by atoms with Gasteiger partial charge in [-0.3, -0.25) is 0 Å². The van der Waals surface area contributed by atoms with Crippen LogP contribution in [-0.4, -0.2) is 26.9 Å². The molecule has 0 aliphatic carbocycles. The molecule has 0 unspecified atom stereocenters. The number of methoxy groups -OCH3 is 1. The second-order valence-corrected chi connectivity index (χ2v) is 4.60. The van der Waals surface area contributed by atoms with Gasteiger partial charge in [-0.25, -0.2) is 0 Å². The second kappa shape index (κ2) is 8.50. The monoisotopic (exact) mass is 301 g/mol. The van der Waals surface area contributed by atoms with Crippen molar-refractivity contribution in [3.05, 3.63) is 28.2 Å². The molecule has 0 aliphatic rings. The van der Waals surface area contributed by atoms with Crippen LogP contribution in [-0.2, 0) is 11.3 Å². The Bertz CT molecular complexity index is 331. The number of para-hydroxylation sites is 1. The van der Waals surface area contributed by atoms with E-state index in [1.54, 1.807) is 7.11 Å². The minimum atomic E-state index is 0.569. The zero-order chi connectivity index (χ0) is 12.5. The first-order valence-electron chi connectivity index (χ1n) is 5.89. The van der Waals surface area contributed by atoms with Crippen LogP contribution in [0.4, 0.5) is 0 Å². The second-order valence-electron chi connectivity index (χ2n) is 3.75. The number of rotatable bonds is 8. The lowest BCUT2D eigenvalue weighted by Gasteiger charge is -2.13. The lowest BCUT2D eigenvalue weighted by Crippen LogP contribution is -2.15. The highest BCUT2D eigenvalue weighted by Crippen LogP contribution is 2.29. The van der Waals surface area contributed by atoms with E-state index in [0.717, 1.165) is 29.7 Å². The van der Waals surface area contributed by atoms with Gasteiger partial charge in [0.25, 0.3) is 0 Å². The van der Waals surface area contributed by atoms with Crippen molar-refractivity contribution in [3.8, 4) is 5.75 Å². The summed E-state index contributed by atoms with van der Waals surface area (Å²) in [7, 11) is 1.67. The fourth-order valence-electron chi connectivity index (χ4n) is 1.48. The molecule has 0 bridgehead atoms. The van der Waals surface area contributed by atoms with Gasteiger partial charge in [-0.1, -0.05) is 19.1 Å². The van der Waals surface area contributed by atoms with Crippen LogP contribution in [0.5, 0.6) is 5.75 Å². The van der Waals surface area contributed by atoms with Crippen molar-refractivity contribution in [3.63, 3.8) is 0 Å². The normalized spacial score (nSPS) is 10.5. The number of halogens is 1. The number of hydrogen-bond donors (Lipinski definition) is 1. The molecule has 0 aliphatic heterocycles. The van der Waals surface area contributed by atoms with Crippen molar-refractivity contribution in [1.29, 1.82) is 0 Å². The smallest absolute Gasteiger partial charge is 0.138 e. The minimum Gasteiger partial charge on any atom is -0.490 e. The van der Waals surface area contributed by atoms with Crippen LogP contribution in [0.25, 0.3) is 0 Å². The van der Waals surface area contributed by atoms with E-state index < -0.39 is 0 Å². The van der Waals surface area contributed by atoms with Gasteiger partial charge in [0.2, 0.25) is 0 Å². The maximum Gasteiger partial charge on any atom is 0.138 e. The van der Waals surface area contributed by atoms with Gasteiger partial charge in [-0.2, -0.15) is 0 Å². The van der Waals surface area contributed by atoms with Crippen LogP contribution < -0.4 is 10.1 Å². The van der Waals surface area contributed by atoms with Gasteiger partial charge in [0.1, 0.15) is 12.4 Å². The maximum atomic E-state index is 5.73. The van der Waals surface area contributed by atoms with E-state index in [2.05, 4.69) is 34.2 Å². The summed E-state index contributed by atoms with van der Waals surface area (Å²) in [5, 5.41) is 3.38. The largest absolute Gasteiger partial charge is 0.490 e.